The first-order valence-corrected chi connectivity index (χ1v) is 9.03. The van der Waals surface area contributed by atoms with E-state index in [1.54, 1.807) is 6.07 Å². The number of amides is 1. The minimum absolute atomic E-state index is 0.0394. The third kappa shape index (κ3) is 4.25. The number of aromatic nitrogens is 2. The number of rotatable bonds is 5. The maximum absolute atomic E-state index is 12.5. The van der Waals surface area contributed by atoms with Crippen LogP contribution in [-0.4, -0.2) is 39.9 Å². The number of hydrogen-bond acceptors (Lipinski definition) is 4. The summed E-state index contributed by atoms with van der Waals surface area (Å²) in [5, 5.41) is 3.73. The lowest BCUT2D eigenvalue weighted by Gasteiger charge is -2.28. The Hall–Kier alpha value is -2.21. The van der Waals surface area contributed by atoms with Crippen LogP contribution >= 0.6 is 0 Å². The molecule has 6 nitrogen and oxygen atoms in total. The fraction of sp³-hybridized carbons (Fsp3) is 0.526. The van der Waals surface area contributed by atoms with Crippen LogP contribution in [0.3, 0.4) is 0 Å². The van der Waals surface area contributed by atoms with Gasteiger partial charge < -0.3 is 10.3 Å². The molecule has 1 fully saturated rings. The third-order valence-corrected chi connectivity index (χ3v) is 5.05. The van der Waals surface area contributed by atoms with Crippen molar-refractivity contribution in [3.63, 3.8) is 0 Å². The summed E-state index contributed by atoms with van der Waals surface area (Å²) in [5.41, 5.74) is 0.530. The van der Waals surface area contributed by atoms with Crippen molar-refractivity contribution in [1.82, 2.24) is 20.2 Å². The van der Waals surface area contributed by atoms with E-state index in [0.717, 1.165) is 12.8 Å². The number of benzene rings is 1. The summed E-state index contributed by atoms with van der Waals surface area (Å²) in [6, 6.07) is 7.29. The molecule has 1 aromatic heterocycles. The molecular formula is C19H26N4O2. The molecule has 3 rings (SSSR count). The summed E-state index contributed by atoms with van der Waals surface area (Å²) in [4.78, 5) is 33.9. The summed E-state index contributed by atoms with van der Waals surface area (Å²) in [5.74, 6) is 0.612. The highest BCUT2D eigenvalue weighted by molar-refractivity contribution is 5.81. The molecule has 2 aromatic rings. The maximum atomic E-state index is 12.5. The molecule has 1 aromatic carbocycles. The van der Waals surface area contributed by atoms with Gasteiger partial charge >= 0.3 is 0 Å². The monoisotopic (exact) mass is 342 g/mol. The number of fused-ring (bicyclic) bond motifs is 1. The van der Waals surface area contributed by atoms with Gasteiger partial charge in [-0.2, -0.15) is 0 Å². The summed E-state index contributed by atoms with van der Waals surface area (Å²) in [6.45, 7) is 2.30. The van der Waals surface area contributed by atoms with Gasteiger partial charge in [0.15, 0.2) is 0 Å². The topological polar surface area (TPSA) is 78.1 Å². The van der Waals surface area contributed by atoms with Crippen LogP contribution in [0.25, 0.3) is 10.9 Å². The smallest absolute Gasteiger partial charge is 0.258 e. The Kier molecular flexibility index (Phi) is 5.48. The number of para-hydroxylation sites is 1. The lowest BCUT2D eigenvalue weighted by Crippen LogP contribution is -2.47. The average molecular weight is 342 g/mol. The van der Waals surface area contributed by atoms with Crippen molar-refractivity contribution in [3.05, 3.63) is 40.4 Å². The Balaban J connectivity index is 1.65. The summed E-state index contributed by atoms with van der Waals surface area (Å²) in [6.07, 6.45) is 5.79. The number of hydrogen-bond donors (Lipinski definition) is 2. The number of H-pyrrole nitrogens is 1. The first-order chi connectivity index (χ1) is 12.0. The van der Waals surface area contributed by atoms with Crippen molar-refractivity contribution in [3.8, 4) is 0 Å². The number of nitrogens with one attached hydrogen (secondary N) is 2. The summed E-state index contributed by atoms with van der Waals surface area (Å²) >= 11 is 0. The molecule has 2 N–H and O–H groups in total. The second kappa shape index (κ2) is 7.78. The van der Waals surface area contributed by atoms with Crippen molar-refractivity contribution in [2.24, 2.45) is 0 Å². The van der Waals surface area contributed by atoms with E-state index in [0.29, 0.717) is 29.3 Å². The zero-order valence-electron chi connectivity index (χ0n) is 14.9. The van der Waals surface area contributed by atoms with Crippen LogP contribution < -0.4 is 10.9 Å². The number of aromatic amines is 1. The van der Waals surface area contributed by atoms with Crippen LogP contribution in [0.5, 0.6) is 0 Å². The van der Waals surface area contributed by atoms with E-state index in [1.165, 1.54) is 19.3 Å². The van der Waals surface area contributed by atoms with E-state index in [2.05, 4.69) is 15.3 Å². The van der Waals surface area contributed by atoms with Crippen molar-refractivity contribution in [2.45, 2.75) is 57.7 Å². The van der Waals surface area contributed by atoms with Gasteiger partial charge in [0, 0.05) is 6.04 Å². The van der Waals surface area contributed by atoms with E-state index in [9.17, 15) is 9.59 Å². The largest absolute Gasteiger partial charge is 0.352 e. The highest BCUT2D eigenvalue weighted by Crippen LogP contribution is 2.17. The summed E-state index contributed by atoms with van der Waals surface area (Å²) < 4.78 is 0. The number of carbonyl (C=O) groups excluding carboxylic acids is 1. The van der Waals surface area contributed by atoms with Gasteiger partial charge in [0.05, 0.1) is 23.5 Å². The molecule has 134 valence electrons. The van der Waals surface area contributed by atoms with Gasteiger partial charge in [0.2, 0.25) is 5.91 Å². The molecule has 1 aliphatic carbocycles. The van der Waals surface area contributed by atoms with Crippen molar-refractivity contribution in [1.29, 1.82) is 0 Å². The first-order valence-electron chi connectivity index (χ1n) is 9.03. The Bertz CT molecular complexity index is 795. The predicted molar refractivity (Wildman–Crippen MR) is 98.3 cm³/mol. The normalized spacial score (nSPS) is 16.9. The Morgan fingerprint density at radius 3 is 2.80 bits per heavy atom. The molecule has 0 aliphatic heterocycles. The van der Waals surface area contributed by atoms with Gasteiger partial charge in [0.25, 0.3) is 5.56 Å². The number of likely N-dealkylation sites (N-methyl/N-ethyl adjacent to an activating group) is 1. The minimum Gasteiger partial charge on any atom is -0.352 e. The van der Waals surface area contributed by atoms with E-state index in [1.807, 2.05) is 37.1 Å². The molecule has 0 spiro atoms. The molecule has 0 saturated heterocycles. The van der Waals surface area contributed by atoms with E-state index in [-0.39, 0.29) is 17.5 Å². The Morgan fingerprint density at radius 2 is 2.04 bits per heavy atom. The lowest BCUT2D eigenvalue weighted by atomic mass is 9.95. The average Bonchev–Trinajstić information content (AvgIpc) is 2.62. The molecule has 25 heavy (non-hydrogen) atoms. The highest BCUT2D eigenvalue weighted by atomic mass is 16.2. The SMILES string of the molecule is CC(C(=O)NC1CCCCC1)N(C)Cc1nc2ccccc2c(=O)[nH]1. The van der Waals surface area contributed by atoms with E-state index in [4.69, 9.17) is 0 Å². The molecular weight excluding hydrogens is 316 g/mol. The van der Waals surface area contributed by atoms with Gasteiger partial charge in [-0.25, -0.2) is 4.98 Å². The van der Waals surface area contributed by atoms with Crippen molar-refractivity contribution in [2.75, 3.05) is 7.05 Å². The molecule has 1 unspecified atom stereocenters. The first kappa shape index (κ1) is 17.6. The Morgan fingerprint density at radius 1 is 1.32 bits per heavy atom. The van der Waals surface area contributed by atoms with Crippen LogP contribution in [-0.2, 0) is 11.3 Å². The second-order valence-electron chi connectivity index (χ2n) is 6.96. The van der Waals surface area contributed by atoms with Crippen LogP contribution in [0.2, 0.25) is 0 Å². The molecule has 1 saturated carbocycles. The van der Waals surface area contributed by atoms with Gasteiger partial charge in [-0.15, -0.1) is 0 Å². The van der Waals surface area contributed by atoms with Crippen LogP contribution in [0, 0.1) is 0 Å². The predicted octanol–water partition coefficient (Wildman–Crippen LogP) is 2.19. The molecule has 1 amide bonds. The van der Waals surface area contributed by atoms with Gasteiger partial charge in [-0.3, -0.25) is 14.5 Å². The van der Waals surface area contributed by atoms with Gasteiger partial charge in [0.1, 0.15) is 5.82 Å². The fourth-order valence-corrected chi connectivity index (χ4v) is 3.35. The fourth-order valence-electron chi connectivity index (χ4n) is 3.35. The standard InChI is InChI=1S/C19H26N4O2/c1-13(18(24)20-14-8-4-3-5-9-14)23(2)12-17-21-16-11-7-6-10-15(16)19(25)22-17/h6-7,10-11,13-14H,3-5,8-9,12H2,1-2H3,(H,20,24)(H,21,22,25). The van der Waals surface area contributed by atoms with Crippen LogP contribution in [0.4, 0.5) is 0 Å². The number of carbonyl (C=O) groups is 1. The summed E-state index contributed by atoms with van der Waals surface area (Å²) in [7, 11) is 1.88. The number of nitrogens with zero attached hydrogens (tertiary/aromatic N) is 2. The van der Waals surface area contributed by atoms with Crippen molar-refractivity contribution >= 4 is 16.8 Å². The third-order valence-electron chi connectivity index (χ3n) is 5.05. The van der Waals surface area contributed by atoms with E-state index >= 15 is 0 Å². The molecule has 1 heterocycles. The molecule has 0 radical (unpaired) electrons. The second-order valence-corrected chi connectivity index (χ2v) is 6.96. The molecule has 0 bridgehead atoms. The maximum Gasteiger partial charge on any atom is 0.258 e. The zero-order chi connectivity index (χ0) is 17.8. The quantitative estimate of drug-likeness (QED) is 0.873. The van der Waals surface area contributed by atoms with E-state index < -0.39 is 0 Å². The molecule has 1 aliphatic rings. The van der Waals surface area contributed by atoms with Crippen LogP contribution in [0.15, 0.2) is 29.1 Å². The van der Waals surface area contributed by atoms with Crippen molar-refractivity contribution < 1.29 is 4.79 Å². The molecule has 6 heteroatoms. The lowest BCUT2D eigenvalue weighted by molar-refractivity contribution is -0.126. The molecule has 1 atom stereocenters. The van der Waals surface area contributed by atoms with Gasteiger partial charge in [-0.1, -0.05) is 31.4 Å². The van der Waals surface area contributed by atoms with Gasteiger partial charge in [-0.05, 0) is 38.9 Å². The Labute approximate surface area is 147 Å². The van der Waals surface area contributed by atoms with Crippen LogP contribution in [0.1, 0.15) is 44.9 Å². The zero-order valence-corrected chi connectivity index (χ0v) is 14.9. The highest BCUT2D eigenvalue weighted by Gasteiger charge is 2.22. The minimum atomic E-state index is -0.279.